The van der Waals surface area contributed by atoms with Gasteiger partial charge in [-0.2, -0.15) is 0 Å². The quantitative estimate of drug-likeness (QED) is 0.896. The van der Waals surface area contributed by atoms with Gasteiger partial charge >= 0.3 is 5.97 Å². The monoisotopic (exact) mass is 321 g/mol. The van der Waals surface area contributed by atoms with Gasteiger partial charge in [0.15, 0.2) is 6.10 Å². The van der Waals surface area contributed by atoms with Crippen LogP contribution < -0.4 is 4.74 Å². The molecule has 1 aliphatic heterocycles. The molecule has 1 heterocycles. The number of carbonyl (C=O) groups is 2. The van der Waals surface area contributed by atoms with Gasteiger partial charge in [-0.3, -0.25) is 4.79 Å². The number of amides is 1. The molecule has 3 atom stereocenters. The summed E-state index contributed by atoms with van der Waals surface area (Å²) in [6.45, 7) is 4.26. The fraction of sp³-hybridized carbons (Fsp3) is 0.529. The number of morpholine rings is 1. The Kier molecular flexibility index (Phi) is 5.60. The lowest BCUT2D eigenvalue weighted by Crippen LogP contribution is -2.51. The first-order chi connectivity index (χ1) is 10.9. The molecule has 0 radical (unpaired) electrons. The summed E-state index contributed by atoms with van der Waals surface area (Å²) in [6.07, 6.45) is -0.931. The van der Waals surface area contributed by atoms with Crippen molar-refractivity contribution in [1.29, 1.82) is 0 Å². The van der Waals surface area contributed by atoms with Crippen molar-refractivity contribution in [2.75, 3.05) is 20.2 Å². The SMILES string of the molecule is COc1ccccc1C(C)CC(=O)N1CC(C(=O)O)O[C@H](C)C1. The number of carboxylic acid groups (broad SMARTS) is 1. The standard InChI is InChI=1S/C17H23NO5/c1-11(13-6-4-5-7-14(13)22-3)8-16(19)18-9-12(2)23-15(10-18)17(20)21/h4-7,11-12,15H,8-10H2,1-3H3,(H,20,21)/t11?,12-,15?/m1/s1. The van der Waals surface area contributed by atoms with E-state index >= 15 is 0 Å². The van der Waals surface area contributed by atoms with Crippen molar-refractivity contribution in [3.05, 3.63) is 29.8 Å². The maximum Gasteiger partial charge on any atom is 0.334 e. The predicted octanol–water partition coefficient (Wildman–Crippen LogP) is 1.89. The molecule has 6 heteroatoms. The molecule has 23 heavy (non-hydrogen) atoms. The Labute approximate surface area is 136 Å². The zero-order chi connectivity index (χ0) is 17.0. The molecule has 0 spiro atoms. The maximum atomic E-state index is 12.5. The van der Waals surface area contributed by atoms with Crippen molar-refractivity contribution in [2.24, 2.45) is 0 Å². The largest absolute Gasteiger partial charge is 0.496 e. The normalized spacial score (nSPS) is 22.5. The number of nitrogens with zero attached hydrogens (tertiary/aromatic N) is 1. The first-order valence-electron chi connectivity index (χ1n) is 7.71. The number of ether oxygens (including phenoxy) is 2. The van der Waals surface area contributed by atoms with Gasteiger partial charge in [0.2, 0.25) is 5.91 Å². The molecule has 0 bridgehead atoms. The van der Waals surface area contributed by atoms with Crippen LogP contribution in [0.2, 0.25) is 0 Å². The van der Waals surface area contributed by atoms with Gasteiger partial charge in [0.1, 0.15) is 5.75 Å². The zero-order valence-electron chi connectivity index (χ0n) is 13.7. The van der Waals surface area contributed by atoms with Crippen LogP contribution in [0.3, 0.4) is 0 Å². The number of benzene rings is 1. The molecule has 2 unspecified atom stereocenters. The van der Waals surface area contributed by atoms with Crippen LogP contribution in [0.1, 0.15) is 31.7 Å². The summed E-state index contributed by atoms with van der Waals surface area (Å²) in [5.41, 5.74) is 0.972. The number of hydrogen-bond donors (Lipinski definition) is 1. The number of rotatable bonds is 5. The molecule has 1 aliphatic rings. The van der Waals surface area contributed by atoms with E-state index in [2.05, 4.69) is 0 Å². The van der Waals surface area contributed by atoms with Gasteiger partial charge in [0, 0.05) is 13.0 Å². The number of aliphatic carboxylic acids is 1. The van der Waals surface area contributed by atoms with Crippen molar-refractivity contribution in [2.45, 2.75) is 38.4 Å². The second-order valence-electron chi connectivity index (χ2n) is 5.92. The summed E-state index contributed by atoms with van der Waals surface area (Å²) < 4.78 is 10.7. The Hall–Kier alpha value is -2.08. The lowest BCUT2D eigenvalue weighted by atomic mass is 9.96. The molecule has 2 rings (SSSR count). The molecule has 1 saturated heterocycles. The van der Waals surface area contributed by atoms with E-state index in [1.54, 1.807) is 18.9 Å². The van der Waals surface area contributed by atoms with E-state index in [0.29, 0.717) is 13.0 Å². The van der Waals surface area contributed by atoms with E-state index < -0.39 is 12.1 Å². The van der Waals surface area contributed by atoms with Crippen LogP contribution in [0.5, 0.6) is 5.75 Å². The first kappa shape index (κ1) is 17.3. The molecule has 0 aromatic heterocycles. The second kappa shape index (κ2) is 7.46. The molecule has 0 aliphatic carbocycles. The van der Waals surface area contributed by atoms with Gasteiger partial charge in [0.05, 0.1) is 19.8 Å². The Bertz CT molecular complexity index is 574. The van der Waals surface area contributed by atoms with Gasteiger partial charge < -0.3 is 19.5 Å². The fourth-order valence-electron chi connectivity index (χ4n) is 2.87. The summed E-state index contributed by atoms with van der Waals surface area (Å²) >= 11 is 0. The number of carboxylic acids is 1. The summed E-state index contributed by atoms with van der Waals surface area (Å²) in [6, 6.07) is 7.61. The Morgan fingerprint density at radius 1 is 1.39 bits per heavy atom. The third-order valence-corrected chi connectivity index (χ3v) is 4.04. The van der Waals surface area contributed by atoms with Gasteiger partial charge in [-0.1, -0.05) is 25.1 Å². The van der Waals surface area contributed by atoms with Gasteiger partial charge in [0.25, 0.3) is 0 Å². The van der Waals surface area contributed by atoms with Crippen LogP contribution in [0.4, 0.5) is 0 Å². The molecule has 1 fully saturated rings. The number of carbonyl (C=O) groups excluding carboxylic acids is 1. The van der Waals surface area contributed by atoms with E-state index in [0.717, 1.165) is 11.3 Å². The first-order valence-corrected chi connectivity index (χ1v) is 7.71. The summed E-state index contributed by atoms with van der Waals surface area (Å²) in [4.78, 5) is 25.2. The second-order valence-corrected chi connectivity index (χ2v) is 5.92. The molecule has 1 amide bonds. The van der Waals surface area contributed by atoms with Crippen LogP contribution in [-0.4, -0.2) is 54.3 Å². The molecule has 0 saturated carbocycles. The lowest BCUT2D eigenvalue weighted by Gasteiger charge is -2.35. The highest BCUT2D eigenvalue weighted by molar-refractivity contribution is 5.79. The fourth-order valence-corrected chi connectivity index (χ4v) is 2.87. The predicted molar refractivity (Wildman–Crippen MR) is 84.6 cm³/mol. The van der Waals surface area contributed by atoms with Crippen LogP contribution in [0.25, 0.3) is 0 Å². The minimum atomic E-state index is -1.04. The zero-order valence-corrected chi connectivity index (χ0v) is 13.7. The topological polar surface area (TPSA) is 76.1 Å². The van der Waals surface area contributed by atoms with E-state index in [1.807, 2.05) is 31.2 Å². The molecule has 1 N–H and O–H groups in total. The highest BCUT2D eigenvalue weighted by atomic mass is 16.5. The van der Waals surface area contributed by atoms with Crippen molar-refractivity contribution >= 4 is 11.9 Å². The van der Waals surface area contributed by atoms with Crippen LogP contribution in [-0.2, 0) is 14.3 Å². The third-order valence-electron chi connectivity index (χ3n) is 4.04. The van der Waals surface area contributed by atoms with Crippen molar-refractivity contribution in [3.8, 4) is 5.75 Å². The van der Waals surface area contributed by atoms with E-state index in [9.17, 15) is 9.59 Å². The molecule has 6 nitrogen and oxygen atoms in total. The smallest absolute Gasteiger partial charge is 0.334 e. The number of para-hydroxylation sites is 1. The average Bonchev–Trinajstić information content (AvgIpc) is 2.53. The number of methoxy groups -OCH3 is 1. The van der Waals surface area contributed by atoms with Gasteiger partial charge in [-0.25, -0.2) is 4.79 Å². The summed E-state index contributed by atoms with van der Waals surface area (Å²) in [5.74, 6) is -0.358. The molecule has 126 valence electrons. The van der Waals surface area contributed by atoms with E-state index in [1.165, 1.54) is 0 Å². The Morgan fingerprint density at radius 2 is 2.09 bits per heavy atom. The highest BCUT2D eigenvalue weighted by Gasteiger charge is 2.33. The number of hydrogen-bond acceptors (Lipinski definition) is 4. The minimum Gasteiger partial charge on any atom is -0.496 e. The lowest BCUT2D eigenvalue weighted by molar-refractivity contribution is -0.166. The van der Waals surface area contributed by atoms with Crippen molar-refractivity contribution < 1.29 is 24.2 Å². The molecule has 1 aromatic carbocycles. The summed E-state index contributed by atoms with van der Waals surface area (Å²) in [7, 11) is 1.61. The maximum absolute atomic E-state index is 12.5. The van der Waals surface area contributed by atoms with Crippen molar-refractivity contribution in [1.82, 2.24) is 4.90 Å². The van der Waals surface area contributed by atoms with Crippen LogP contribution in [0.15, 0.2) is 24.3 Å². The van der Waals surface area contributed by atoms with Gasteiger partial charge in [-0.05, 0) is 24.5 Å². The van der Waals surface area contributed by atoms with Crippen LogP contribution in [0, 0.1) is 0 Å². The van der Waals surface area contributed by atoms with Crippen LogP contribution >= 0.6 is 0 Å². The minimum absolute atomic E-state index is 0.0138. The highest BCUT2D eigenvalue weighted by Crippen LogP contribution is 2.29. The Morgan fingerprint density at radius 3 is 2.74 bits per heavy atom. The molecular weight excluding hydrogens is 298 g/mol. The van der Waals surface area contributed by atoms with Crippen molar-refractivity contribution in [3.63, 3.8) is 0 Å². The third kappa shape index (κ3) is 4.22. The summed E-state index contributed by atoms with van der Waals surface area (Å²) in [5, 5.41) is 9.10. The Balaban J connectivity index is 2.04. The molecule has 1 aromatic rings. The molecular formula is C17H23NO5. The average molecular weight is 321 g/mol. The van der Waals surface area contributed by atoms with Gasteiger partial charge in [-0.15, -0.1) is 0 Å². The van der Waals surface area contributed by atoms with E-state index in [4.69, 9.17) is 14.6 Å². The van der Waals surface area contributed by atoms with E-state index in [-0.39, 0.29) is 24.5 Å².